The molecule has 0 unspecified atom stereocenters. The molecule has 2 heterocycles. The molecular weight excluding hydrogens is 693 g/mol. The van der Waals surface area contributed by atoms with Gasteiger partial charge in [0.2, 0.25) is 0 Å². The first-order valence-electron chi connectivity index (χ1n) is 19.6. The monoisotopic (exact) mass is 730 g/mol. The van der Waals surface area contributed by atoms with Gasteiger partial charge in [0.05, 0.1) is 11.4 Å². The minimum atomic E-state index is -0.207. The van der Waals surface area contributed by atoms with E-state index < -0.39 is 0 Å². The summed E-state index contributed by atoms with van der Waals surface area (Å²) in [5.41, 5.74) is 9.26. The third-order valence-electron chi connectivity index (χ3n) is 11.9. The molecule has 0 spiro atoms. The van der Waals surface area contributed by atoms with Crippen LogP contribution in [0.1, 0.15) is 25.0 Å². The van der Waals surface area contributed by atoms with Crippen LogP contribution >= 0.6 is 0 Å². The van der Waals surface area contributed by atoms with Crippen LogP contribution in [-0.4, -0.2) is 9.97 Å². The summed E-state index contributed by atoms with van der Waals surface area (Å²) in [4.78, 5) is 14.8. The second kappa shape index (κ2) is 12.9. The Morgan fingerprint density at radius 3 is 1.39 bits per heavy atom. The number of benzene rings is 8. The van der Waals surface area contributed by atoms with Gasteiger partial charge in [-0.3, -0.25) is 9.80 Å². The third-order valence-corrected chi connectivity index (χ3v) is 11.9. The Morgan fingerprint density at radius 1 is 0.368 bits per heavy atom. The molecule has 4 nitrogen and oxygen atoms in total. The summed E-state index contributed by atoms with van der Waals surface area (Å²) in [6.45, 7) is 4.72. The highest BCUT2D eigenvalue weighted by molar-refractivity contribution is 6.24. The molecule has 0 N–H and O–H groups in total. The molecular formula is C53H38N4. The summed E-state index contributed by atoms with van der Waals surface area (Å²) < 4.78 is 0. The fourth-order valence-corrected chi connectivity index (χ4v) is 9.16. The summed E-state index contributed by atoms with van der Waals surface area (Å²) in [7, 11) is 0. The maximum atomic E-state index is 5.05. The molecule has 0 atom stereocenters. The second-order valence-electron chi connectivity index (χ2n) is 15.5. The van der Waals surface area contributed by atoms with Gasteiger partial charge in [0.15, 0.2) is 0 Å². The van der Waals surface area contributed by atoms with Crippen molar-refractivity contribution in [3.63, 3.8) is 0 Å². The van der Waals surface area contributed by atoms with Gasteiger partial charge < -0.3 is 0 Å². The summed E-state index contributed by atoms with van der Waals surface area (Å²) in [5.74, 6) is 1.70. The van der Waals surface area contributed by atoms with Gasteiger partial charge in [0.1, 0.15) is 11.6 Å². The molecule has 4 heteroatoms. The van der Waals surface area contributed by atoms with E-state index in [1.807, 2.05) is 24.5 Å². The molecule has 0 bridgehead atoms. The lowest BCUT2D eigenvalue weighted by Gasteiger charge is -2.33. The van der Waals surface area contributed by atoms with Crippen LogP contribution in [-0.2, 0) is 5.41 Å². The van der Waals surface area contributed by atoms with E-state index in [1.165, 1.54) is 43.8 Å². The van der Waals surface area contributed by atoms with E-state index in [4.69, 9.17) is 9.97 Å². The standard InChI is InChI=1S/C53H38N4/c1-53(2)47-22-10-9-19-41(47)44-33-45-46(34-48(44)53)52(57(50-24-12-14-30-55-50)40-28-26-36-16-4-6-18-38(36)32-40)43-21-8-7-20-42(43)51(45)56(49-23-11-13-29-54-49)39-27-25-35-15-3-5-17-37(35)31-39/h3-34H,1-2H3. The Labute approximate surface area is 331 Å². The maximum absolute atomic E-state index is 5.05. The van der Waals surface area contributed by atoms with Crippen molar-refractivity contribution in [2.45, 2.75) is 19.3 Å². The molecule has 270 valence electrons. The quantitative estimate of drug-likeness (QED) is 0.126. The van der Waals surface area contributed by atoms with Crippen LogP contribution < -0.4 is 9.80 Å². The van der Waals surface area contributed by atoms with Crippen molar-refractivity contribution in [3.8, 4) is 11.1 Å². The molecule has 0 saturated carbocycles. The van der Waals surface area contributed by atoms with E-state index in [-0.39, 0.29) is 5.41 Å². The van der Waals surface area contributed by atoms with Crippen molar-refractivity contribution in [3.05, 3.63) is 206 Å². The fraction of sp³-hybridized carbons (Fsp3) is 0.0566. The molecule has 2 aromatic heterocycles. The number of nitrogens with zero attached hydrogens (tertiary/aromatic N) is 4. The number of aromatic nitrogens is 2. The van der Waals surface area contributed by atoms with Gasteiger partial charge in [0.25, 0.3) is 0 Å². The van der Waals surface area contributed by atoms with E-state index in [0.29, 0.717) is 0 Å². The van der Waals surface area contributed by atoms with E-state index >= 15 is 0 Å². The minimum absolute atomic E-state index is 0.207. The Bertz CT molecular complexity index is 3170. The van der Waals surface area contributed by atoms with Gasteiger partial charge in [-0.1, -0.05) is 135 Å². The van der Waals surface area contributed by atoms with E-state index in [0.717, 1.165) is 55.9 Å². The molecule has 8 aromatic carbocycles. The summed E-state index contributed by atoms with van der Waals surface area (Å²) >= 11 is 0. The number of anilines is 6. The molecule has 1 aliphatic rings. The van der Waals surface area contributed by atoms with Gasteiger partial charge >= 0.3 is 0 Å². The van der Waals surface area contributed by atoms with Crippen LogP contribution in [0, 0.1) is 0 Å². The Morgan fingerprint density at radius 2 is 0.842 bits per heavy atom. The summed E-state index contributed by atoms with van der Waals surface area (Å²) in [6.07, 6.45) is 3.78. The maximum Gasteiger partial charge on any atom is 0.137 e. The van der Waals surface area contributed by atoms with Crippen LogP contribution in [0.15, 0.2) is 194 Å². The lowest BCUT2D eigenvalue weighted by atomic mass is 9.81. The molecule has 1 aliphatic carbocycles. The van der Waals surface area contributed by atoms with E-state index in [1.54, 1.807) is 0 Å². The van der Waals surface area contributed by atoms with Gasteiger partial charge in [0, 0.05) is 50.7 Å². The first-order valence-corrected chi connectivity index (χ1v) is 19.6. The molecule has 0 radical (unpaired) electrons. The third kappa shape index (κ3) is 5.22. The molecule has 11 rings (SSSR count). The minimum Gasteiger partial charge on any atom is -0.294 e. The molecule has 0 aliphatic heterocycles. The van der Waals surface area contributed by atoms with Crippen LogP contribution in [0.5, 0.6) is 0 Å². The van der Waals surface area contributed by atoms with Crippen molar-refractivity contribution in [1.29, 1.82) is 0 Å². The number of fused-ring (bicyclic) bond motifs is 7. The first-order chi connectivity index (χ1) is 28.0. The zero-order valence-electron chi connectivity index (χ0n) is 31.8. The van der Waals surface area contributed by atoms with E-state index in [9.17, 15) is 0 Å². The average molecular weight is 731 g/mol. The van der Waals surface area contributed by atoms with Crippen LogP contribution in [0.2, 0.25) is 0 Å². The van der Waals surface area contributed by atoms with Crippen molar-refractivity contribution in [1.82, 2.24) is 9.97 Å². The highest BCUT2D eigenvalue weighted by atomic mass is 15.2. The zero-order valence-corrected chi connectivity index (χ0v) is 31.8. The SMILES string of the molecule is CC1(C)c2ccccc2-c2cc3c(N(c4ccc5ccccc5c4)c4ccccn4)c4ccccc4c(N(c4ccc5ccccc5c4)c4ccccn4)c3cc21. The largest absolute Gasteiger partial charge is 0.294 e. The smallest absolute Gasteiger partial charge is 0.137 e. The summed E-state index contributed by atoms with van der Waals surface area (Å²) in [5, 5.41) is 9.27. The lowest BCUT2D eigenvalue weighted by molar-refractivity contribution is 0.661. The molecule has 0 amide bonds. The second-order valence-corrected chi connectivity index (χ2v) is 15.5. The predicted molar refractivity (Wildman–Crippen MR) is 239 cm³/mol. The zero-order chi connectivity index (χ0) is 38.1. The molecule has 10 aromatic rings. The number of pyridine rings is 2. The highest BCUT2D eigenvalue weighted by Gasteiger charge is 2.37. The van der Waals surface area contributed by atoms with Crippen LogP contribution in [0.4, 0.5) is 34.4 Å². The Balaban J connectivity index is 1.32. The van der Waals surface area contributed by atoms with Gasteiger partial charge in [-0.05, 0) is 104 Å². The van der Waals surface area contributed by atoms with Crippen molar-refractivity contribution in [2.24, 2.45) is 0 Å². The number of hydrogen-bond donors (Lipinski definition) is 0. The van der Waals surface area contributed by atoms with Gasteiger partial charge in [-0.25, -0.2) is 9.97 Å². The highest BCUT2D eigenvalue weighted by Crippen LogP contribution is 2.56. The fourth-order valence-electron chi connectivity index (χ4n) is 9.16. The number of hydrogen-bond acceptors (Lipinski definition) is 4. The predicted octanol–water partition coefficient (Wildman–Crippen LogP) is 14.3. The summed E-state index contributed by atoms with van der Waals surface area (Å²) in [6, 6.07) is 65.7. The number of rotatable bonds is 6. The average Bonchev–Trinajstić information content (AvgIpc) is 3.49. The normalized spacial score (nSPS) is 12.9. The Kier molecular flexibility index (Phi) is 7.48. The van der Waals surface area contributed by atoms with Crippen molar-refractivity contribution < 1.29 is 0 Å². The topological polar surface area (TPSA) is 32.3 Å². The van der Waals surface area contributed by atoms with Gasteiger partial charge in [-0.2, -0.15) is 0 Å². The first kappa shape index (κ1) is 33.1. The van der Waals surface area contributed by atoms with Crippen molar-refractivity contribution in [2.75, 3.05) is 9.80 Å². The van der Waals surface area contributed by atoms with Crippen LogP contribution in [0.3, 0.4) is 0 Å². The van der Waals surface area contributed by atoms with Gasteiger partial charge in [-0.15, -0.1) is 0 Å². The lowest BCUT2D eigenvalue weighted by Crippen LogP contribution is -2.17. The molecule has 0 fully saturated rings. The molecule has 57 heavy (non-hydrogen) atoms. The van der Waals surface area contributed by atoms with Crippen molar-refractivity contribution >= 4 is 77.5 Å². The Hall–Kier alpha value is -7.30. The molecule has 0 saturated heterocycles. The van der Waals surface area contributed by atoms with Crippen LogP contribution in [0.25, 0.3) is 54.2 Å². The van der Waals surface area contributed by atoms with E-state index in [2.05, 4.69) is 194 Å².